The molecule has 0 aliphatic heterocycles. The molecule has 5 heteroatoms. The summed E-state index contributed by atoms with van der Waals surface area (Å²) in [4.78, 5) is 4.28. The third-order valence-electron chi connectivity index (χ3n) is 4.77. The molecule has 0 heterocycles. The molecular weight excluding hydrogens is 254 g/mol. The van der Waals surface area contributed by atoms with Gasteiger partial charge in [0.2, 0.25) is 0 Å². The Hall–Kier alpha value is -0.810. The third-order valence-corrected chi connectivity index (χ3v) is 4.77. The highest BCUT2D eigenvalue weighted by Gasteiger charge is 2.57. The van der Waals surface area contributed by atoms with E-state index in [4.69, 9.17) is 9.47 Å². The van der Waals surface area contributed by atoms with Crippen LogP contribution in [0.5, 0.6) is 0 Å². The molecule has 0 aromatic rings. The number of methoxy groups -OCH3 is 1. The highest BCUT2D eigenvalue weighted by atomic mass is 16.5. The van der Waals surface area contributed by atoms with Crippen molar-refractivity contribution >= 4 is 5.96 Å². The number of nitrogens with zero attached hydrogens (tertiary/aromatic N) is 1. The summed E-state index contributed by atoms with van der Waals surface area (Å²) in [5.41, 5.74) is 0.0309. The van der Waals surface area contributed by atoms with Crippen LogP contribution < -0.4 is 10.6 Å². The lowest BCUT2D eigenvalue weighted by atomic mass is 9.56. The van der Waals surface area contributed by atoms with Gasteiger partial charge < -0.3 is 20.1 Å². The fourth-order valence-corrected chi connectivity index (χ4v) is 2.61. The van der Waals surface area contributed by atoms with Crippen molar-refractivity contribution in [2.45, 2.75) is 52.2 Å². The monoisotopic (exact) mass is 285 g/mol. The van der Waals surface area contributed by atoms with Gasteiger partial charge in [0.15, 0.2) is 5.96 Å². The lowest BCUT2D eigenvalue weighted by Gasteiger charge is -2.59. The summed E-state index contributed by atoms with van der Waals surface area (Å²) in [6.45, 7) is 11.1. The minimum Gasteiger partial charge on any atom is -0.382 e. The van der Waals surface area contributed by atoms with E-state index in [0.29, 0.717) is 6.04 Å². The first kappa shape index (κ1) is 17.2. The predicted octanol–water partition coefficient (Wildman–Crippen LogP) is 1.78. The minimum atomic E-state index is -0.0571. The van der Waals surface area contributed by atoms with Crippen LogP contribution in [0.4, 0.5) is 0 Å². The molecule has 0 saturated heterocycles. The number of rotatable bonds is 7. The largest absolute Gasteiger partial charge is 0.382 e. The van der Waals surface area contributed by atoms with E-state index in [9.17, 15) is 0 Å². The van der Waals surface area contributed by atoms with Crippen molar-refractivity contribution < 1.29 is 9.47 Å². The van der Waals surface area contributed by atoms with Gasteiger partial charge >= 0.3 is 0 Å². The molecule has 20 heavy (non-hydrogen) atoms. The quantitative estimate of drug-likeness (QED) is 0.425. The average molecular weight is 285 g/mol. The molecule has 1 rings (SSSR count). The lowest BCUT2D eigenvalue weighted by Crippen LogP contribution is -2.69. The van der Waals surface area contributed by atoms with E-state index < -0.39 is 0 Å². The van der Waals surface area contributed by atoms with Crippen molar-refractivity contribution in [1.29, 1.82) is 0 Å². The Kier molecular flexibility index (Phi) is 6.27. The summed E-state index contributed by atoms with van der Waals surface area (Å²) in [5.74, 6) is 0.859. The molecule has 5 nitrogen and oxygen atoms in total. The number of hydrogen-bond donors (Lipinski definition) is 2. The molecule has 1 saturated carbocycles. The molecule has 0 spiro atoms. The van der Waals surface area contributed by atoms with Crippen LogP contribution in [0, 0.1) is 5.41 Å². The Morgan fingerprint density at radius 2 is 2.05 bits per heavy atom. The molecule has 0 aromatic carbocycles. The maximum atomic E-state index is 5.64. The summed E-state index contributed by atoms with van der Waals surface area (Å²) >= 11 is 0. The van der Waals surface area contributed by atoms with Crippen molar-refractivity contribution in [3.63, 3.8) is 0 Å². The molecular formula is C15H31N3O2. The van der Waals surface area contributed by atoms with Gasteiger partial charge in [-0.25, -0.2) is 0 Å². The topological polar surface area (TPSA) is 54.9 Å². The molecule has 2 unspecified atom stereocenters. The first-order valence-corrected chi connectivity index (χ1v) is 7.51. The van der Waals surface area contributed by atoms with Crippen LogP contribution in [0.1, 0.15) is 40.5 Å². The van der Waals surface area contributed by atoms with E-state index in [-0.39, 0.29) is 11.0 Å². The number of guanidine groups is 1. The van der Waals surface area contributed by atoms with E-state index in [0.717, 1.165) is 38.6 Å². The normalized spacial score (nSPS) is 28.9. The molecule has 0 radical (unpaired) electrons. The minimum absolute atomic E-state index is 0.0571. The van der Waals surface area contributed by atoms with E-state index in [1.807, 2.05) is 6.92 Å². The van der Waals surface area contributed by atoms with Gasteiger partial charge in [0.05, 0.1) is 5.60 Å². The van der Waals surface area contributed by atoms with Gasteiger partial charge in [-0.1, -0.05) is 13.8 Å². The van der Waals surface area contributed by atoms with Crippen molar-refractivity contribution in [2.24, 2.45) is 10.4 Å². The molecule has 0 aromatic heterocycles. The van der Waals surface area contributed by atoms with Gasteiger partial charge in [0.25, 0.3) is 0 Å². The van der Waals surface area contributed by atoms with Gasteiger partial charge in [0, 0.05) is 45.4 Å². The Morgan fingerprint density at radius 1 is 1.35 bits per heavy atom. The summed E-state index contributed by atoms with van der Waals surface area (Å²) in [6.07, 6.45) is 1.98. The third kappa shape index (κ3) is 3.64. The first-order chi connectivity index (χ1) is 9.41. The van der Waals surface area contributed by atoms with Crippen LogP contribution in [0.2, 0.25) is 0 Å². The zero-order chi connectivity index (χ0) is 15.2. The van der Waals surface area contributed by atoms with E-state index in [2.05, 4.69) is 36.4 Å². The highest BCUT2D eigenvalue weighted by Crippen LogP contribution is 2.51. The van der Waals surface area contributed by atoms with Crippen molar-refractivity contribution in [3.05, 3.63) is 0 Å². The van der Waals surface area contributed by atoms with E-state index in [1.165, 1.54) is 0 Å². The smallest absolute Gasteiger partial charge is 0.191 e. The van der Waals surface area contributed by atoms with Gasteiger partial charge in [-0.2, -0.15) is 0 Å². The average Bonchev–Trinajstić information content (AvgIpc) is 2.44. The van der Waals surface area contributed by atoms with Crippen LogP contribution in [-0.4, -0.2) is 51.5 Å². The van der Waals surface area contributed by atoms with Crippen LogP contribution in [0.3, 0.4) is 0 Å². The van der Waals surface area contributed by atoms with Gasteiger partial charge in [-0.05, 0) is 26.7 Å². The molecule has 1 aliphatic rings. The van der Waals surface area contributed by atoms with Gasteiger partial charge in [0.1, 0.15) is 0 Å². The second-order valence-electron chi connectivity index (χ2n) is 6.11. The predicted molar refractivity (Wildman–Crippen MR) is 83.2 cm³/mol. The number of nitrogens with one attached hydrogen (secondary N) is 2. The molecule has 118 valence electrons. The number of ether oxygens (including phenoxy) is 2. The van der Waals surface area contributed by atoms with Gasteiger partial charge in [-0.3, -0.25) is 4.99 Å². The van der Waals surface area contributed by atoms with Crippen LogP contribution >= 0.6 is 0 Å². The standard InChI is InChI=1S/C15H31N3O2/c1-7-20-10-8-9-17-13(16-5)18-12-11-15(4,19-6)14(12,2)3/h12H,7-11H2,1-6H3,(H2,16,17,18). The van der Waals surface area contributed by atoms with E-state index >= 15 is 0 Å². The van der Waals surface area contributed by atoms with Crippen molar-refractivity contribution in [3.8, 4) is 0 Å². The Morgan fingerprint density at radius 3 is 2.55 bits per heavy atom. The second-order valence-corrected chi connectivity index (χ2v) is 6.11. The summed E-state index contributed by atoms with van der Waals surface area (Å²) in [5, 5.41) is 6.82. The Balaban J connectivity index is 2.36. The Bertz CT molecular complexity index is 331. The van der Waals surface area contributed by atoms with Crippen LogP contribution in [0.25, 0.3) is 0 Å². The van der Waals surface area contributed by atoms with Crippen molar-refractivity contribution in [1.82, 2.24) is 10.6 Å². The summed E-state index contributed by atoms with van der Waals surface area (Å²) in [7, 11) is 3.60. The maximum Gasteiger partial charge on any atom is 0.191 e. The zero-order valence-corrected chi connectivity index (χ0v) is 13.9. The zero-order valence-electron chi connectivity index (χ0n) is 13.9. The highest BCUT2D eigenvalue weighted by molar-refractivity contribution is 5.80. The van der Waals surface area contributed by atoms with Crippen LogP contribution in [-0.2, 0) is 9.47 Å². The summed E-state index contributed by atoms with van der Waals surface area (Å²) in [6, 6.07) is 0.380. The molecule has 1 aliphatic carbocycles. The molecule has 0 bridgehead atoms. The second kappa shape index (κ2) is 7.27. The molecule has 2 atom stereocenters. The molecule has 0 amide bonds. The van der Waals surface area contributed by atoms with Crippen LogP contribution in [0.15, 0.2) is 4.99 Å². The first-order valence-electron chi connectivity index (χ1n) is 7.51. The lowest BCUT2D eigenvalue weighted by molar-refractivity contribution is -0.176. The number of hydrogen-bond acceptors (Lipinski definition) is 3. The van der Waals surface area contributed by atoms with Crippen molar-refractivity contribution in [2.75, 3.05) is 33.9 Å². The Labute approximate surface area is 123 Å². The van der Waals surface area contributed by atoms with Gasteiger partial charge in [-0.15, -0.1) is 0 Å². The maximum absolute atomic E-state index is 5.64. The van der Waals surface area contributed by atoms with E-state index in [1.54, 1.807) is 14.2 Å². The molecule has 1 fully saturated rings. The fourth-order valence-electron chi connectivity index (χ4n) is 2.61. The SMILES string of the molecule is CCOCCCNC(=NC)NC1CC(C)(OC)C1(C)C. The summed E-state index contributed by atoms with van der Waals surface area (Å²) < 4.78 is 11.0. The number of aliphatic imine (C=N–C) groups is 1. The molecule has 2 N–H and O–H groups in total. The fraction of sp³-hybridized carbons (Fsp3) is 0.933.